The second kappa shape index (κ2) is 16.4. The number of nitrogens with one attached hydrogen (secondary N) is 1. The maximum Gasteiger partial charge on any atom is 0.273 e. The van der Waals surface area contributed by atoms with Gasteiger partial charge in [0.2, 0.25) is 11.8 Å². The summed E-state index contributed by atoms with van der Waals surface area (Å²) in [6.45, 7) is 0.888. The third-order valence-corrected chi connectivity index (χ3v) is 10.8. The number of rotatable bonds is 14. The van der Waals surface area contributed by atoms with Crippen LogP contribution in [0.15, 0.2) is 108 Å². The van der Waals surface area contributed by atoms with Gasteiger partial charge in [0.05, 0.1) is 22.6 Å². The minimum atomic E-state index is -4.54. The Morgan fingerprint density at radius 2 is 1.52 bits per heavy atom. The number of ether oxygens (including phenoxy) is 1. The highest BCUT2D eigenvalue weighted by atomic mass is 32.2. The Bertz CT molecular complexity index is 1880. The average Bonchev–Trinajstić information content (AvgIpc) is 3.13. The molecule has 0 saturated heterocycles. The Labute approximate surface area is 293 Å². The summed E-state index contributed by atoms with van der Waals surface area (Å²) in [5.74, 6) is -0.455. The molecule has 2 amide bonds. The molecule has 12 heteroatoms. The van der Waals surface area contributed by atoms with Gasteiger partial charge in [-0.25, -0.2) is 8.42 Å². The Morgan fingerprint density at radius 1 is 0.900 bits per heavy atom. The first-order valence-corrected chi connectivity index (χ1v) is 18.1. The van der Waals surface area contributed by atoms with Crippen LogP contribution in [0.4, 0.5) is 11.4 Å². The number of hydrogen-bond acceptors (Lipinski definition) is 7. The average molecular weight is 699 g/mol. The Balaban J connectivity index is 1.58. The lowest BCUT2D eigenvalue weighted by atomic mass is 9.94. The molecule has 262 valence electrons. The maximum absolute atomic E-state index is 14.7. The summed E-state index contributed by atoms with van der Waals surface area (Å²) < 4.78 is 34.9. The van der Waals surface area contributed by atoms with Crippen LogP contribution in [0.1, 0.15) is 48.8 Å². The van der Waals surface area contributed by atoms with E-state index in [9.17, 15) is 28.1 Å². The van der Waals surface area contributed by atoms with Gasteiger partial charge in [0, 0.05) is 30.6 Å². The SMILES string of the molecule is COc1ccc(N(CC(=O)N(Cc2ccccc2)C(Cc2ccccc2)C(=O)NC2CCCCC2)S(=O)(=O)c2ccc(C)c([N+](=O)[O-])c2)cc1. The number of hydrogen-bond donors (Lipinski definition) is 1. The fourth-order valence-electron chi connectivity index (χ4n) is 6.23. The number of benzene rings is 4. The first-order valence-electron chi connectivity index (χ1n) is 16.7. The molecular formula is C38H42N4O7S. The predicted octanol–water partition coefficient (Wildman–Crippen LogP) is 6.20. The number of nitrogens with zero attached hydrogens (tertiary/aromatic N) is 3. The van der Waals surface area contributed by atoms with Gasteiger partial charge in [-0.05, 0) is 61.2 Å². The van der Waals surface area contributed by atoms with E-state index in [0.717, 1.165) is 53.6 Å². The predicted molar refractivity (Wildman–Crippen MR) is 191 cm³/mol. The molecule has 50 heavy (non-hydrogen) atoms. The summed E-state index contributed by atoms with van der Waals surface area (Å²) >= 11 is 0. The van der Waals surface area contributed by atoms with Crippen molar-refractivity contribution in [3.05, 3.63) is 130 Å². The second-order valence-corrected chi connectivity index (χ2v) is 14.3. The highest BCUT2D eigenvalue weighted by Crippen LogP contribution is 2.30. The van der Waals surface area contributed by atoms with E-state index in [0.29, 0.717) is 11.3 Å². The van der Waals surface area contributed by atoms with Crippen molar-refractivity contribution in [2.24, 2.45) is 0 Å². The van der Waals surface area contributed by atoms with E-state index in [2.05, 4.69) is 5.32 Å². The lowest BCUT2D eigenvalue weighted by Crippen LogP contribution is -2.55. The molecule has 1 fully saturated rings. The van der Waals surface area contributed by atoms with Gasteiger partial charge in [0.15, 0.2) is 0 Å². The van der Waals surface area contributed by atoms with Gasteiger partial charge in [0.25, 0.3) is 15.7 Å². The van der Waals surface area contributed by atoms with E-state index >= 15 is 0 Å². The number of anilines is 1. The van der Waals surface area contributed by atoms with E-state index in [4.69, 9.17) is 4.74 Å². The topological polar surface area (TPSA) is 139 Å². The summed E-state index contributed by atoms with van der Waals surface area (Å²) in [6, 6.07) is 27.4. The fraction of sp³-hybridized carbons (Fsp3) is 0.316. The molecule has 0 aliphatic heterocycles. The number of amides is 2. The van der Waals surface area contributed by atoms with Gasteiger partial charge >= 0.3 is 0 Å². The highest BCUT2D eigenvalue weighted by Gasteiger charge is 2.36. The number of nitro groups is 1. The molecule has 0 bridgehead atoms. The molecule has 1 aliphatic carbocycles. The van der Waals surface area contributed by atoms with E-state index in [1.165, 1.54) is 43.2 Å². The number of methoxy groups -OCH3 is 1. The molecule has 11 nitrogen and oxygen atoms in total. The summed E-state index contributed by atoms with van der Waals surface area (Å²) in [5.41, 5.74) is 1.68. The van der Waals surface area contributed by atoms with Crippen molar-refractivity contribution < 1.29 is 27.7 Å². The summed E-state index contributed by atoms with van der Waals surface area (Å²) in [5, 5.41) is 15.0. The van der Waals surface area contributed by atoms with Crippen LogP contribution in [0.3, 0.4) is 0 Å². The first kappa shape index (κ1) is 36.1. The molecule has 1 atom stereocenters. The summed E-state index contributed by atoms with van der Waals surface area (Å²) in [4.78, 5) is 41.1. The van der Waals surface area contributed by atoms with Crippen molar-refractivity contribution in [2.45, 2.75) is 69.0 Å². The van der Waals surface area contributed by atoms with Crippen molar-refractivity contribution >= 4 is 33.2 Å². The number of nitro benzene ring substituents is 1. The van der Waals surface area contributed by atoms with E-state index < -0.39 is 33.4 Å². The smallest absolute Gasteiger partial charge is 0.273 e. The van der Waals surface area contributed by atoms with Crippen molar-refractivity contribution in [1.82, 2.24) is 10.2 Å². The molecular weight excluding hydrogens is 657 g/mol. The third-order valence-electron chi connectivity index (χ3n) is 9.02. The monoisotopic (exact) mass is 698 g/mol. The fourth-order valence-corrected chi connectivity index (χ4v) is 7.66. The third kappa shape index (κ3) is 8.86. The van der Waals surface area contributed by atoms with E-state index in [1.807, 2.05) is 60.7 Å². The molecule has 1 aliphatic rings. The molecule has 5 rings (SSSR count). The molecule has 4 aromatic carbocycles. The van der Waals surface area contributed by atoms with Crippen molar-refractivity contribution in [3.8, 4) is 5.75 Å². The van der Waals surface area contributed by atoms with Crippen LogP contribution in [-0.2, 0) is 32.6 Å². The van der Waals surface area contributed by atoms with Gasteiger partial charge in [-0.15, -0.1) is 0 Å². The number of carbonyl (C=O) groups is 2. The van der Waals surface area contributed by atoms with Gasteiger partial charge in [0.1, 0.15) is 18.3 Å². The summed E-state index contributed by atoms with van der Waals surface area (Å²) in [6.07, 6.45) is 5.03. The second-order valence-electron chi connectivity index (χ2n) is 12.5. The number of aryl methyl sites for hydroxylation is 1. The minimum absolute atomic E-state index is 0.0169. The van der Waals surface area contributed by atoms with Crippen LogP contribution in [0.5, 0.6) is 5.75 Å². The van der Waals surface area contributed by atoms with Gasteiger partial charge in [-0.3, -0.25) is 24.0 Å². The van der Waals surface area contributed by atoms with Gasteiger partial charge in [-0.2, -0.15) is 0 Å². The zero-order valence-corrected chi connectivity index (χ0v) is 29.1. The Hall–Kier alpha value is -5.23. The Morgan fingerprint density at radius 3 is 2.12 bits per heavy atom. The lowest BCUT2D eigenvalue weighted by molar-refractivity contribution is -0.385. The molecule has 4 aromatic rings. The molecule has 1 saturated carbocycles. The summed E-state index contributed by atoms with van der Waals surface area (Å²) in [7, 11) is -3.06. The molecule has 0 heterocycles. The Kier molecular flexibility index (Phi) is 11.9. The van der Waals surface area contributed by atoms with E-state index in [-0.39, 0.29) is 41.2 Å². The van der Waals surface area contributed by atoms with E-state index in [1.54, 1.807) is 12.1 Å². The normalized spacial score (nSPS) is 14.0. The van der Waals surface area contributed by atoms with Crippen molar-refractivity contribution in [1.29, 1.82) is 0 Å². The number of carbonyl (C=O) groups excluding carboxylic acids is 2. The quantitative estimate of drug-likeness (QED) is 0.122. The molecule has 0 radical (unpaired) electrons. The van der Waals surface area contributed by atoms with Crippen LogP contribution in [0.25, 0.3) is 0 Å². The van der Waals surface area contributed by atoms with Gasteiger partial charge < -0.3 is 15.0 Å². The van der Waals surface area contributed by atoms with Crippen LogP contribution >= 0.6 is 0 Å². The molecule has 1 N–H and O–H groups in total. The van der Waals surface area contributed by atoms with Crippen LogP contribution < -0.4 is 14.4 Å². The standard InChI is InChI=1S/C38H42N4O7S/c1-28-18-23-34(25-35(28)42(45)46)50(47,48)41(32-19-21-33(49-2)22-20-32)27-37(43)40(26-30-14-8-4-9-15-30)36(24-29-12-6-3-7-13-29)38(44)39-31-16-10-5-11-17-31/h3-4,6-9,12-15,18-23,25,31,36H,5,10-11,16-17,24,26-27H2,1-2H3,(H,39,44). The minimum Gasteiger partial charge on any atom is -0.497 e. The van der Waals surface area contributed by atoms with Crippen LogP contribution in [-0.4, -0.2) is 55.8 Å². The zero-order valence-electron chi connectivity index (χ0n) is 28.2. The number of sulfonamides is 1. The molecule has 0 spiro atoms. The van der Waals surface area contributed by atoms with Crippen LogP contribution in [0.2, 0.25) is 0 Å². The largest absolute Gasteiger partial charge is 0.497 e. The van der Waals surface area contributed by atoms with Crippen LogP contribution in [0, 0.1) is 17.0 Å². The zero-order chi connectivity index (χ0) is 35.7. The first-order chi connectivity index (χ1) is 24.1. The van der Waals surface area contributed by atoms with Gasteiger partial charge in [-0.1, -0.05) is 86.0 Å². The van der Waals surface area contributed by atoms with Crippen molar-refractivity contribution in [3.63, 3.8) is 0 Å². The molecule has 0 aromatic heterocycles. The maximum atomic E-state index is 14.7. The van der Waals surface area contributed by atoms with Crippen molar-refractivity contribution in [2.75, 3.05) is 18.0 Å². The molecule has 1 unspecified atom stereocenters. The highest BCUT2D eigenvalue weighted by molar-refractivity contribution is 7.92. The lowest BCUT2D eigenvalue weighted by Gasteiger charge is -2.35.